The van der Waals surface area contributed by atoms with Crippen LogP contribution in [0.2, 0.25) is 0 Å². The Morgan fingerprint density at radius 1 is 0.694 bits per heavy atom. The Hall–Kier alpha value is -4.84. The number of carboxylic acid groups (broad SMARTS) is 1. The molecule has 0 saturated carbocycles. The van der Waals surface area contributed by atoms with Gasteiger partial charge in [-0.2, -0.15) is 0 Å². The zero-order valence-corrected chi connectivity index (χ0v) is 19.2. The van der Waals surface area contributed by atoms with Crippen molar-refractivity contribution in [2.75, 3.05) is 0 Å². The number of para-hydroxylation sites is 2. The van der Waals surface area contributed by atoms with Crippen LogP contribution in [0.1, 0.15) is 31.8 Å². The molecule has 0 saturated heterocycles. The maximum Gasteiger partial charge on any atom is 0.326 e. The van der Waals surface area contributed by atoms with Crippen LogP contribution in [-0.2, 0) is 11.2 Å². The standard InChI is InChI=1S/C30H22N2O4/c33-28(20-8-2-1-3-9-20)21-16-14-19(15-17-21)18-26(30(35)36)32-29(34)27-22-10-4-6-12-24(22)31-25-13-7-5-11-23(25)27/h1-17,26H,18H2,(H,32,34)(H,35,36)/t26-/m1/s1. The highest BCUT2D eigenvalue weighted by molar-refractivity contribution is 6.16. The molecule has 6 nitrogen and oxygen atoms in total. The summed E-state index contributed by atoms with van der Waals surface area (Å²) in [4.78, 5) is 42.8. The number of aliphatic carboxylic acids is 1. The molecule has 1 amide bonds. The van der Waals surface area contributed by atoms with E-state index in [-0.39, 0.29) is 12.2 Å². The van der Waals surface area contributed by atoms with Crippen molar-refractivity contribution in [3.05, 3.63) is 125 Å². The van der Waals surface area contributed by atoms with E-state index < -0.39 is 17.9 Å². The maximum absolute atomic E-state index is 13.4. The molecule has 1 aromatic heterocycles. The molecule has 2 N–H and O–H groups in total. The predicted octanol–water partition coefficient (Wildman–Crippen LogP) is 5.04. The van der Waals surface area contributed by atoms with Crippen molar-refractivity contribution in [2.24, 2.45) is 0 Å². The van der Waals surface area contributed by atoms with E-state index >= 15 is 0 Å². The van der Waals surface area contributed by atoms with E-state index in [4.69, 9.17) is 0 Å². The first-order chi connectivity index (χ1) is 17.5. The number of hydrogen-bond acceptors (Lipinski definition) is 4. The van der Waals surface area contributed by atoms with Crippen LogP contribution in [0.25, 0.3) is 21.8 Å². The first-order valence-corrected chi connectivity index (χ1v) is 11.5. The zero-order chi connectivity index (χ0) is 25.1. The van der Waals surface area contributed by atoms with Gasteiger partial charge < -0.3 is 10.4 Å². The first-order valence-electron chi connectivity index (χ1n) is 11.5. The number of nitrogens with zero attached hydrogens (tertiary/aromatic N) is 1. The molecule has 0 spiro atoms. The molecule has 1 atom stereocenters. The number of nitrogens with one attached hydrogen (secondary N) is 1. The third-order valence-corrected chi connectivity index (χ3v) is 6.11. The topological polar surface area (TPSA) is 96.4 Å². The highest BCUT2D eigenvalue weighted by Gasteiger charge is 2.24. The van der Waals surface area contributed by atoms with E-state index in [1.807, 2.05) is 54.6 Å². The summed E-state index contributed by atoms with van der Waals surface area (Å²) < 4.78 is 0. The summed E-state index contributed by atoms with van der Waals surface area (Å²) in [5, 5.41) is 13.9. The molecule has 6 heteroatoms. The Morgan fingerprint density at radius 3 is 1.81 bits per heavy atom. The number of carbonyl (C=O) groups excluding carboxylic acids is 2. The number of hydrogen-bond donors (Lipinski definition) is 2. The number of aromatic nitrogens is 1. The molecule has 0 aliphatic carbocycles. The summed E-state index contributed by atoms with van der Waals surface area (Å²) in [6, 6.07) is 29.2. The molecule has 36 heavy (non-hydrogen) atoms. The van der Waals surface area contributed by atoms with Gasteiger partial charge in [-0.15, -0.1) is 0 Å². The second-order valence-electron chi connectivity index (χ2n) is 8.48. The minimum atomic E-state index is -1.15. The smallest absolute Gasteiger partial charge is 0.326 e. The SMILES string of the molecule is O=C(c1ccccc1)c1ccc(C[C@@H](NC(=O)c2c3ccccc3nc3ccccc23)C(=O)O)cc1. The number of pyridine rings is 1. The molecule has 0 unspecified atom stereocenters. The predicted molar refractivity (Wildman–Crippen MR) is 138 cm³/mol. The van der Waals surface area contributed by atoms with E-state index in [0.717, 1.165) is 0 Å². The average Bonchev–Trinajstić information content (AvgIpc) is 2.91. The second-order valence-corrected chi connectivity index (χ2v) is 8.48. The van der Waals surface area contributed by atoms with E-state index in [1.165, 1.54) is 0 Å². The summed E-state index contributed by atoms with van der Waals surface area (Å²) in [5.74, 6) is -1.73. The van der Waals surface area contributed by atoms with Gasteiger partial charge in [-0.3, -0.25) is 9.59 Å². The molecule has 176 valence electrons. The molecule has 0 aliphatic rings. The lowest BCUT2D eigenvalue weighted by atomic mass is 9.98. The second kappa shape index (κ2) is 9.80. The van der Waals surface area contributed by atoms with Gasteiger partial charge >= 0.3 is 5.97 Å². The fourth-order valence-electron chi connectivity index (χ4n) is 4.30. The third kappa shape index (κ3) is 4.57. The first kappa shape index (κ1) is 22.9. The fourth-order valence-corrected chi connectivity index (χ4v) is 4.30. The molecule has 1 heterocycles. The van der Waals surface area contributed by atoms with Crippen molar-refractivity contribution in [1.29, 1.82) is 0 Å². The van der Waals surface area contributed by atoms with Crippen molar-refractivity contribution in [3.8, 4) is 0 Å². The van der Waals surface area contributed by atoms with Crippen molar-refractivity contribution in [2.45, 2.75) is 12.5 Å². The molecule has 0 fully saturated rings. The molecule has 0 aliphatic heterocycles. The van der Waals surface area contributed by atoms with E-state index in [0.29, 0.717) is 44.1 Å². The molecule has 5 rings (SSSR count). The highest BCUT2D eigenvalue weighted by atomic mass is 16.4. The molecular weight excluding hydrogens is 452 g/mol. The van der Waals surface area contributed by atoms with Crippen LogP contribution in [-0.4, -0.2) is 33.8 Å². The monoisotopic (exact) mass is 474 g/mol. The van der Waals surface area contributed by atoms with Crippen LogP contribution in [0.3, 0.4) is 0 Å². The van der Waals surface area contributed by atoms with Crippen LogP contribution >= 0.6 is 0 Å². The summed E-state index contributed by atoms with van der Waals surface area (Å²) in [6.45, 7) is 0. The van der Waals surface area contributed by atoms with Crippen LogP contribution in [0, 0.1) is 0 Å². The summed E-state index contributed by atoms with van der Waals surface area (Å²) in [6.07, 6.45) is 0.0713. The number of amides is 1. The number of fused-ring (bicyclic) bond motifs is 2. The van der Waals surface area contributed by atoms with Crippen LogP contribution in [0.4, 0.5) is 0 Å². The van der Waals surface area contributed by atoms with Crippen molar-refractivity contribution >= 4 is 39.5 Å². The van der Waals surface area contributed by atoms with Gasteiger partial charge in [0.25, 0.3) is 5.91 Å². The normalized spacial score (nSPS) is 11.8. The van der Waals surface area contributed by atoms with E-state index in [1.54, 1.807) is 48.5 Å². The van der Waals surface area contributed by atoms with Gasteiger partial charge in [-0.05, 0) is 17.7 Å². The van der Waals surface area contributed by atoms with Crippen LogP contribution in [0.15, 0.2) is 103 Å². The summed E-state index contributed by atoms with van der Waals surface area (Å²) in [7, 11) is 0. The van der Waals surface area contributed by atoms with Crippen LogP contribution < -0.4 is 5.32 Å². The van der Waals surface area contributed by atoms with Gasteiger partial charge in [0.1, 0.15) is 6.04 Å². The van der Waals surface area contributed by atoms with Gasteiger partial charge in [0.15, 0.2) is 5.78 Å². The minimum Gasteiger partial charge on any atom is -0.480 e. The Kier molecular flexibility index (Phi) is 6.24. The Bertz CT molecular complexity index is 1540. The van der Waals surface area contributed by atoms with Crippen molar-refractivity contribution < 1.29 is 19.5 Å². The Labute approximate surface area is 207 Å². The quantitative estimate of drug-likeness (QED) is 0.254. The lowest BCUT2D eigenvalue weighted by Gasteiger charge is -2.17. The van der Waals surface area contributed by atoms with Gasteiger partial charge in [0.2, 0.25) is 0 Å². The lowest BCUT2D eigenvalue weighted by Crippen LogP contribution is -2.42. The Balaban J connectivity index is 1.40. The molecular formula is C30H22N2O4. The lowest BCUT2D eigenvalue weighted by molar-refractivity contribution is -0.139. The maximum atomic E-state index is 13.4. The number of benzene rings is 4. The van der Waals surface area contributed by atoms with Crippen LogP contribution in [0.5, 0.6) is 0 Å². The Morgan fingerprint density at radius 2 is 1.22 bits per heavy atom. The van der Waals surface area contributed by atoms with E-state index in [9.17, 15) is 19.5 Å². The molecule has 0 radical (unpaired) electrons. The fraction of sp³-hybridized carbons (Fsp3) is 0.0667. The molecule has 4 aromatic carbocycles. The average molecular weight is 475 g/mol. The van der Waals surface area contributed by atoms with Crippen molar-refractivity contribution in [3.63, 3.8) is 0 Å². The zero-order valence-electron chi connectivity index (χ0n) is 19.2. The summed E-state index contributed by atoms with van der Waals surface area (Å²) >= 11 is 0. The van der Waals surface area contributed by atoms with Crippen molar-refractivity contribution in [1.82, 2.24) is 10.3 Å². The van der Waals surface area contributed by atoms with E-state index in [2.05, 4.69) is 10.3 Å². The number of ketones is 1. The summed E-state index contributed by atoms with van der Waals surface area (Å²) in [5.41, 5.74) is 3.50. The molecule has 0 bridgehead atoms. The number of carboxylic acids is 1. The number of rotatable bonds is 7. The molecule has 5 aromatic rings. The largest absolute Gasteiger partial charge is 0.480 e. The van der Waals surface area contributed by atoms with Gasteiger partial charge in [-0.25, -0.2) is 9.78 Å². The van der Waals surface area contributed by atoms with Gasteiger partial charge in [0, 0.05) is 28.3 Å². The number of carbonyl (C=O) groups is 3. The van der Waals surface area contributed by atoms with Gasteiger partial charge in [-0.1, -0.05) is 91.0 Å². The third-order valence-electron chi connectivity index (χ3n) is 6.11. The highest BCUT2D eigenvalue weighted by Crippen LogP contribution is 2.26. The van der Waals surface area contributed by atoms with Gasteiger partial charge in [0.05, 0.1) is 16.6 Å². The minimum absolute atomic E-state index is 0.0713.